The lowest BCUT2D eigenvalue weighted by Crippen LogP contribution is -2.01. The molecule has 0 amide bonds. The zero-order chi connectivity index (χ0) is 14.1. The summed E-state index contributed by atoms with van der Waals surface area (Å²) in [5.41, 5.74) is 1.05. The molecule has 104 valence electrons. The molecule has 1 aromatic carbocycles. The van der Waals surface area contributed by atoms with Gasteiger partial charge in [0.15, 0.2) is 0 Å². The van der Waals surface area contributed by atoms with E-state index in [0.717, 1.165) is 9.26 Å². The van der Waals surface area contributed by atoms with Crippen LogP contribution in [0, 0.1) is 9.39 Å². The molecule has 0 aliphatic heterocycles. The van der Waals surface area contributed by atoms with Crippen LogP contribution in [0.1, 0.15) is 30.3 Å². The largest absolute Gasteiger partial charge is 0.236 e. The number of halogens is 3. The van der Waals surface area contributed by atoms with Gasteiger partial charge in [0.1, 0.15) is 16.8 Å². The number of hydrogen-bond donors (Lipinski definition) is 0. The van der Waals surface area contributed by atoms with E-state index in [-0.39, 0.29) is 5.82 Å². The van der Waals surface area contributed by atoms with Crippen molar-refractivity contribution in [2.24, 2.45) is 0 Å². The van der Waals surface area contributed by atoms with E-state index in [9.17, 15) is 4.39 Å². The Kier molecular flexibility index (Phi) is 4.47. The molecule has 1 heterocycles. The zero-order valence-electron chi connectivity index (χ0n) is 10.4. The van der Waals surface area contributed by atoms with Crippen LogP contribution >= 0.6 is 46.0 Å². The van der Waals surface area contributed by atoms with E-state index in [1.165, 1.54) is 30.7 Å². The van der Waals surface area contributed by atoms with Gasteiger partial charge in [-0.1, -0.05) is 23.7 Å². The topological polar surface area (TPSA) is 25.8 Å². The number of aromatic nitrogens is 2. The van der Waals surface area contributed by atoms with Crippen LogP contribution < -0.4 is 0 Å². The van der Waals surface area contributed by atoms with Crippen molar-refractivity contribution in [3.8, 4) is 0 Å². The maximum absolute atomic E-state index is 13.6. The lowest BCUT2D eigenvalue weighted by molar-refractivity contribution is 0.602. The van der Waals surface area contributed by atoms with Crippen LogP contribution in [0.15, 0.2) is 29.2 Å². The third-order valence-electron chi connectivity index (χ3n) is 3.04. The van der Waals surface area contributed by atoms with E-state index in [0.29, 0.717) is 27.5 Å². The Balaban J connectivity index is 1.79. The minimum Gasteiger partial charge on any atom is -0.236 e. The minimum absolute atomic E-state index is 0.212. The first-order valence-electron chi connectivity index (χ1n) is 6.24. The molecule has 6 heteroatoms. The molecule has 0 N–H and O–H groups in total. The summed E-state index contributed by atoms with van der Waals surface area (Å²) in [6.07, 6.45) is 2.34. The van der Waals surface area contributed by atoms with E-state index >= 15 is 0 Å². The van der Waals surface area contributed by atoms with Gasteiger partial charge in [-0.3, -0.25) is 0 Å². The van der Waals surface area contributed by atoms with Crippen molar-refractivity contribution in [2.75, 3.05) is 0 Å². The first kappa shape index (κ1) is 14.5. The van der Waals surface area contributed by atoms with Gasteiger partial charge in [-0.25, -0.2) is 14.4 Å². The Bertz CT molecular complexity index is 649. The van der Waals surface area contributed by atoms with Crippen molar-refractivity contribution in [3.63, 3.8) is 0 Å². The van der Waals surface area contributed by atoms with Gasteiger partial charge in [-0.15, -0.1) is 11.8 Å². The van der Waals surface area contributed by atoms with E-state index in [1.807, 2.05) is 6.07 Å². The molecule has 1 aliphatic carbocycles. The molecule has 0 unspecified atom stereocenters. The van der Waals surface area contributed by atoms with Gasteiger partial charge in [0.25, 0.3) is 0 Å². The van der Waals surface area contributed by atoms with Gasteiger partial charge in [-0.2, -0.15) is 0 Å². The van der Waals surface area contributed by atoms with Gasteiger partial charge in [0.2, 0.25) is 0 Å². The van der Waals surface area contributed by atoms with Crippen molar-refractivity contribution in [1.82, 2.24) is 9.97 Å². The van der Waals surface area contributed by atoms with Crippen molar-refractivity contribution >= 4 is 46.0 Å². The third kappa shape index (κ3) is 3.26. The molecule has 0 spiro atoms. The Morgan fingerprint density at radius 2 is 2.05 bits per heavy atom. The standard InChI is InChI=1S/C14H11ClFIN2S/c15-14-12(17)13(8-5-6-8)18-11(19-14)7-20-10-4-2-1-3-9(10)16/h1-4,8H,5-7H2. The van der Waals surface area contributed by atoms with Crippen LogP contribution in [-0.2, 0) is 5.75 Å². The Morgan fingerprint density at radius 3 is 2.75 bits per heavy atom. The van der Waals surface area contributed by atoms with E-state index in [1.54, 1.807) is 12.1 Å². The minimum atomic E-state index is -0.212. The van der Waals surface area contributed by atoms with E-state index in [2.05, 4.69) is 32.6 Å². The second-order valence-corrected chi connectivity index (χ2v) is 7.08. The van der Waals surface area contributed by atoms with Gasteiger partial charge in [-0.05, 0) is 47.6 Å². The smallest absolute Gasteiger partial charge is 0.146 e. The number of benzene rings is 1. The predicted octanol–water partition coefficient (Wildman–Crippen LogP) is 5.04. The quantitative estimate of drug-likeness (QED) is 0.393. The zero-order valence-corrected chi connectivity index (χ0v) is 14.2. The highest BCUT2D eigenvalue weighted by atomic mass is 127. The summed E-state index contributed by atoms with van der Waals surface area (Å²) in [7, 11) is 0. The maximum Gasteiger partial charge on any atom is 0.146 e. The van der Waals surface area contributed by atoms with E-state index in [4.69, 9.17) is 11.6 Å². The molecular formula is C14H11ClFIN2S. The molecule has 3 rings (SSSR count). The number of nitrogens with zero attached hydrogens (tertiary/aromatic N) is 2. The lowest BCUT2D eigenvalue weighted by Gasteiger charge is -2.07. The van der Waals surface area contributed by atoms with Crippen LogP contribution in [0.25, 0.3) is 0 Å². The fraction of sp³-hybridized carbons (Fsp3) is 0.286. The van der Waals surface area contributed by atoms with E-state index < -0.39 is 0 Å². The molecule has 2 nitrogen and oxygen atoms in total. The second kappa shape index (κ2) is 6.15. The molecule has 1 aliphatic rings. The highest BCUT2D eigenvalue weighted by Crippen LogP contribution is 2.42. The summed E-state index contributed by atoms with van der Waals surface area (Å²) < 4.78 is 14.5. The van der Waals surface area contributed by atoms with Gasteiger partial charge in [0.05, 0.1) is 15.0 Å². The molecule has 0 atom stereocenters. The normalized spacial score (nSPS) is 14.6. The number of hydrogen-bond acceptors (Lipinski definition) is 3. The Morgan fingerprint density at radius 1 is 1.30 bits per heavy atom. The molecule has 0 radical (unpaired) electrons. The average Bonchev–Trinajstić information content (AvgIpc) is 3.26. The van der Waals surface area contributed by atoms with Gasteiger partial charge >= 0.3 is 0 Å². The molecule has 1 aromatic heterocycles. The van der Waals surface area contributed by atoms with Crippen LogP contribution in [0.5, 0.6) is 0 Å². The molecule has 20 heavy (non-hydrogen) atoms. The predicted molar refractivity (Wildman–Crippen MR) is 87.7 cm³/mol. The number of rotatable bonds is 4. The summed E-state index contributed by atoms with van der Waals surface area (Å²) >= 11 is 9.75. The first-order chi connectivity index (χ1) is 9.65. The number of thioether (sulfide) groups is 1. The van der Waals surface area contributed by atoms with Crippen LogP contribution in [-0.4, -0.2) is 9.97 Å². The molecule has 0 bridgehead atoms. The second-order valence-electron chi connectivity index (χ2n) is 4.62. The Hall–Kier alpha value is -0.400. The molecule has 1 fully saturated rings. The van der Waals surface area contributed by atoms with Crippen molar-refractivity contribution in [3.05, 3.63) is 50.3 Å². The lowest BCUT2D eigenvalue weighted by atomic mass is 10.3. The SMILES string of the molecule is Fc1ccccc1SCc1nc(Cl)c(I)c(C2CC2)n1. The maximum atomic E-state index is 13.6. The summed E-state index contributed by atoms with van der Waals surface area (Å²) in [6, 6.07) is 6.72. The van der Waals surface area contributed by atoms with Crippen molar-refractivity contribution in [2.45, 2.75) is 29.4 Å². The van der Waals surface area contributed by atoms with Gasteiger partial charge < -0.3 is 0 Å². The van der Waals surface area contributed by atoms with Crippen LogP contribution in [0.2, 0.25) is 5.15 Å². The van der Waals surface area contributed by atoms with Crippen LogP contribution in [0.3, 0.4) is 0 Å². The first-order valence-corrected chi connectivity index (χ1v) is 8.68. The highest BCUT2D eigenvalue weighted by Gasteiger charge is 2.29. The summed E-state index contributed by atoms with van der Waals surface area (Å²) in [6.45, 7) is 0. The summed E-state index contributed by atoms with van der Waals surface area (Å²) in [4.78, 5) is 9.50. The summed E-state index contributed by atoms with van der Waals surface area (Å²) in [5.74, 6) is 1.51. The monoisotopic (exact) mass is 420 g/mol. The molecule has 0 saturated heterocycles. The highest BCUT2D eigenvalue weighted by molar-refractivity contribution is 14.1. The fourth-order valence-electron chi connectivity index (χ4n) is 1.88. The summed E-state index contributed by atoms with van der Waals surface area (Å²) in [5, 5.41) is 0.506. The Labute approximate surface area is 139 Å². The van der Waals surface area contributed by atoms with Gasteiger partial charge in [0, 0.05) is 10.8 Å². The molecule has 1 saturated carbocycles. The van der Waals surface area contributed by atoms with Crippen molar-refractivity contribution < 1.29 is 4.39 Å². The van der Waals surface area contributed by atoms with Crippen LogP contribution in [0.4, 0.5) is 4.39 Å². The van der Waals surface area contributed by atoms with Crippen molar-refractivity contribution in [1.29, 1.82) is 0 Å². The molecule has 2 aromatic rings. The fourth-order valence-corrected chi connectivity index (χ4v) is 3.55. The molecular weight excluding hydrogens is 410 g/mol. The average molecular weight is 421 g/mol. The third-order valence-corrected chi connectivity index (χ3v) is 5.74.